The minimum Gasteiger partial charge on any atom is -0.478 e. The van der Waals surface area contributed by atoms with Gasteiger partial charge in [0, 0.05) is 0 Å². The maximum Gasteiger partial charge on any atom is 0.335 e. The Balaban J connectivity index is 2.25. The molecule has 0 aliphatic carbocycles. The van der Waals surface area contributed by atoms with Gasteiger partial charge in [0.15, 0.2) is 0 Å². The number of hydrogen-bond donors (Lipinski definition) is 1. The lowest BCUT2D eigenvalue weighted by molar-refractivity contribution is 0.0696. The number of hydrogen-bond acceptors (Lipinski definition) is 1. The normalized spacial score (nSPS) is 10.3. The molecule has 0 heterocycles. The second-order valence-electron chi connectivity index (χ2n) is 4.31. The first-order valence-electron chi connectivity index (χ1n) is 6.09. The summed E-state index contributed by atoms with van der Waals surface area (Å²) in [4.78, 5) is 11.1. The van der Waals surface area contributed by atoms with Crippen molar-refractivity contribution >= 4 is 5.97 Å². The zero-order chi connectivity index (χ0) is 13.0. The summed E-state index contributed by atoms with van der Waals surface area (Å²) in [7, 11) is 0. The Bertz CT molecular complexity index is 541. The zero-order valence-electron chi connectivity index (χ0n) is 10.4. The van der Waals surface area contributed by atoms with Gasteiger partial charge in [0.1, 0.15) is 0 Å². The summed E-state index contributed by atoms with van der Waals surface area (Å²) < 4.78 is 0. The molecule has 2 aromatic carbocycles. The second-order valence-corrected chi connectivity index (χ2v) is 4.31. The average Bonchev–Trinajstić information content (AvgIpc) is 2.40. The predicted octanol–water partition coefficient (Wildman–Crippen LogP) is 3.54. The number of benzene rings is 2. The van der Waals surface area contributed by atoms with E-state index in [9.17, 15) is 4.79 Å². The van der Waals surface area contributed by atoms with Crippen LogP contribution in [0.15, 0.2) is 48.5 Å². The summed E-state index contributed by atoms with van der Waals surface area (Å²) in [6, 6.07) is 15.5. The molecule has 2 aromatic rings. The number of carbonyl (C=O) groups is 1. The molecule has 18 heavy (non-hydrogen) atoms. The lowest BCUT2D eigenvalue weighted by atomic mass is 9.99. The van der Waals surface area contributed by atoms with Gasteiger partial charge in [-0.25, -0.2) is 4.79 Å². The fourth-order valence-corrected chi connectivity index (χ4v) is 2.00. The number of carboxylic acid groups (broad SMARTS) is 1. The molecule has 0 radical (unpaired) electrons. The van der Waals surface area contributed by atoms with Crippen molar-refractivity contribution in [1.82, 2.24) is 0 Å². The van der Waals surface area contributed by atoms with Crippen LogP contribution >= 0.6 is 0 Å². The third kappa shape index (κ3) is 2.77. The van der Waals surface area contributed by atoms with Gasteiger partial charge >= 0.3 is 5.97 Å². The van der Waals surface area contributed by atoms with E-state index in [4.69, 9.17) is 5.11 Å². The van der Waals surface area contributed by atoms with Gasteiger partial charge in [-0.15, -0.1) is 0 Å². The molecule has 0 bridgehead atoms. The maximum atomic E-state index is 11.1. The van der Waals surface area contributed by atoms with Crippen LogP contribution in [0.25, 0.3) is 0 Å². The monoisotopic (exact) mass is 240 g/mol. The molecular weight excluding hydrogens is 224 g/mol. The quantitative estimate of drug-likeness (QED) is 0.887. The number of carboxylic acids is 1. The van der Waals surface area contributed by atoms with Crippen molar-refractivity contribution < 1.29 is 9.90 Å². The van der Waals surface area contributed by atoms with Gasteiger partial charge in [0.2, 0.25) is 0 Å². The Morgan fingerprint density at radius 1 is 1.00 bits per heavy atom. The van der Waals surface area contributed by atoms with Crippen LogP contribution in [0.1, 0.15) is 34.0 Å². The molecule has 0 atom stereocenters. The van der Waals surface area contributed by atoms with Crippen molar-refractivity contribution in [3.63, 3.8) is 0 Å². The molecule has 0 saturated carbocycles. The first-order valence-corrected chi connectivity index (χ1v) is 6.09. The highest BCUT2D eigenvalue weighted by Crippen LogP contribution is 2.15. The van der Waals surface area contributed by atoms with Gasteiger partial charge in [-0.05, 0) is 35.6 Å². The molecule has 92 valence electrons. The summed E-state index contributed by atoms with van der Waals surface area (Å²) >= 11 is 0. The molecule has 0 amide bonds. The van der Waals surface area contributed by atoms with Gasteiger partial charge in [0.05, 0.1) is 5.56 Å². The van der Waals surface area contributed by atoms with Gasteiger partial charge in [0.25, 0.3) is 0 Å². The molecule has 2 nitrogen and oxygen atoms in total. The number of rotatable bonds is 4. The van der Waals surface area contributed by atoms with E-state index < -0.39 is 5.97 Å². The van der Waals surface area contributed by atoms with Crippen LogP contribution in [0.2, 0.25) is 0 Å². The van der Waals surface area contributed by atoms with Crippen molar-refractivity contribution in [2.45, 2.75) is 19.8 Å². The van der Waals surface area contributed by atoms with Crippen LogP contribution in [-0.2, 0) is 12.8 Å². The fraction of sp³-hybridized carbons (Fsp3) is 0.188. The van der Waals surface area contributed by atoms with Crippen LogP contribution in [0, 0.1) is 0 Å². The van der Waals surface area contributed by atoms with Crippen molar-refractivity contribution in [1.29, 1.82) is 0 Å². The van der Waals surface area contributed by atoms with Crippen LogP contribution < -0.4 is 0 Å². The average molecular weight is 240 g/mol. The van der Waals surface area contributed by atoms with E-state index in [1.165, 1.54) is 5.56 Å². The highest BCUT2D eigenvalue weighted by atomic mass is 16.4. The highest BCUT2D eigenvalue weighted by Gasteiger charge is 2.09. The topological polar surface area (TPSA) is 37.3 Å². The van der Waals surface area contributed by atoms with E-state index in [-0.39, 0.29) is 0 Å². The van der Waals surface area contributed by atoms with Crippen molar-refractivity contribution in [3.05, 3.63) is 70.8 Å². The van der Waals surface area contributed by atoms with Crippen LogP contribution in [0.4, 0.5) is 0 Å². The molecular formula is C16H16O2. The lowest BCUT2D eigenvalue weighted by Gasteiger charge is -2.06. The molecule has 0 aromatic heterocycles. The highest BCUT2D eigenvalue weighted by molar-refractivity contribution is 5.89. The lowest BCUT2D eigenvalue weighted by Crippen LogP contribution is -2.02. The number of aromatic carboxylic acids is 1. The molecule has 2 heteroatoms. The summed E-state index contributed by atoms with van der Waals surface area (Å²) in [6.07, 6.45) is 1.68. The Morgan fingerprint density at radius 3 is 2.22 bits per heavy atom. The van der Waals surface area contributed by atoms with E-state index in [0.29, 0.717) is 12.0 Å². The Labute approximate surface area is 107 Å². The minimum atomic E-state index is -0.865. The molecule has 0 fully saturated rings. The van der Waals surface area contributed by atoms with Crippen LogP contribution in [0.3, 0.4) is 0 Å². The Morgan fingerprint density at radius 2 is 1.61 bits per heavy atom. The first kappa shape index (κ1) is 12.4. The molecule has 0 spiro atoms. The summed E-state index contributed by atoms with van der Waals surface area (Å²) in [5.41, 5.74) is 3.68. The van der Waals surface area contributed by atoms with Gasteiger partial charge < -0.3 is 5.11 Å². The van der Waals surface area contributed by atoms with Gasteiger partial charge in [-0.1, -0.05) is 49.4 Å². The van der Waals surface area contributed by atoms with Crippen LogP contribution in [-0.4, -0.2) is 11.1 Å². The van der Waals surface area contributed by atoms with E-state index in [0.717, 1.165) is 17.5 Å². The first-order chi connectivity index (χ1) is 8.70. The molecule has 0 aliphatic rings. The molecule has 1 N–H and O–H groups in total. The molecule has 0 saturated heterocycles. The van der Waals surface area contributed by atoms with E-state index in [1.807, 2.05) is 12.1 Å². The second kappa shape index (κ2) is 5.50. The van der Waals surface area contributed by atoms with Crippen molar-refractivity contribution in [2.75, 3.05) is 0 Å². The Kier molecular flexibility index (Phi) is 3.78. The molecule has 0 unspecified atom stereocenters. The van der Waals surface area contributed by atoms with Crippen LogP contribution in [0.5, 0.6) is 0 Å². The largest absolute Gasteiger partial charge is 0.478 e. The van der Waals surface area contributed by atoms with E-state index >= 15 is 0 Å². The smallest absolute Gasteiger partial charge is 0.335 e. The standard InChI is InChI=1S/C16H16O2/c1-2-12-7-9-13(10-8-12)11-14-5-3-4-6-15(14)16(17)18/h3-10H,2,11H2,1H3,(H,17,18). The predicted molar refractivity (Wildman–Crippen MR) is 72.0 cm³/mol. The SMILES string of the molecule is CCc1ccc(Cc2ccccc2C(=O)O)cc1. The Hall–Kier alpha value is -2.09. The third-order valence-electron chi connectivity index (χ3n) is 3.07. The van der Waals surface area contributed by atoms with E-state index in [1.54, 1.807) is 12.1 Å². The summed E-state index contributed by atoms with van der Waals surface area (Å²) in [5, 5.41) is 9.13. The van der Waals surface area contributed by atoms with Gasteiger partial charge in [-0.3, -0.25) is 0 Å². The zero-order valence-corrected chi connectivity index (χ0v) is 10.4. The fourth-order valence-electron chi connectivity index (χ4n) is 2.00. The van der Waals surface area contributed by atoms with E-state index in [2.05, 4.69) is 31.2 Å². The summed E-state index contributed by atoms with van der Waals surface area (Å²) in [5.74, 6) is -0.865. The van der Waals surface area contributed by atoms with Crippen molar-refractivity contribution in [3.8, 4) is 0 Å². The maximum absolute atomic E-state index is 11.1. The number of aryl methyl sites for hydroxylation is 1. The third-order valence-corrected chi connectivity index (χ3v) is 3.07. The van der Waals surface area contributed by atoms with Crippen molar-refractivity contribution in [2.24, 2.45) is 0 Å². The summed E-state index contributed by atoms with van der Waals surface area (Å²) in [6.45, 7) is 2.12. The minimum absolute atomic E-state index is 0.386. The molecule has 2 rings (SSSR count). The molecule has 0 aliphatic heterocycles. The van der Waals surface area contributed by atoms with Gasteiger partial charge in [-0.2, -0.15) is 0 Å².